The summed E-state index contributed by atoms with van der Waals surface area (Å²) in [7, 11) is 0. The number of hydrogen-bond donors (Lipinski definition) is 0. The molecule has 0 aliphatic carbocycles. The van der Waals surface area contributed by atoms with Gasteiger partial charge in [0.1, 0.15) is 11.0 Å². The summed E-state index contributed by atoms with van der Waals surface area (Å²) in [5, 5.41) is 1.06. The molecule has 0 N–H and O–H groups in total. The minimum atomic E-state index is 0.0273. The fraction of sp³-hybridized carbons (Fsp3) is 0.258. The predicted molar refractivity (Wildman–Crippen MR) is 158 cm³/mol. The number of hydrogen-bond acceptors (Lipinski definition) is 5. The van der Waals surface area contributed by atoms with Crippen molar-refractivity contribution in [3.63, 3.8) is 0 Å². The summed E-state index contributed by atoms with van der Waals surface area (Å²) in [5.74, 6) is 1.50. The van der Waals surface area contributed by atoms with E-state index in [1.165, 1.54) is 17.3 Å². The Kier molecular flexibility index (Phi) is 10.2. The van der Waals surface area contributed by atoms with Crippen LogP contribution in [0.2, 0.25) is 5.15 Å². The van der Waals surface area contributed by atoms with Crippen LogP contribution in [-0.4, -0.2) is 40.4 Å². The fourth-order valence-corrected chi connectivity index (χ4v) is 5.27. The van der Waals surface area contributed by atoms with Gasteiger partial charge in [-0.2, -0.15) is 0 Å². The lowest BCUT2D eigenvalue weighted by Gasteiger charge is -2.23. The number of carbonyl (C=O) groups is 1. The van der Waals surface area contributed by atoms with Crippen molar-refractivity contribution in [3.8, 4) is 0 Å². The molecule has 5 nitrogen and oxygen atoms in total. The first-order valence-electron chi connectivity index (χ1n) is 12.9. The third kappa shape index (κ3) is 7.83. The molecule has 1 heterocycles. The van der Waals surface area contributed by atoms with Gasteiger partial charge in [-0.3, -0.25) is 4.79 Å². The lowest BCUT2D eigenvalue weighted by Crippen LogP contribution is -2.32. The standard InChI is InChI=1S/C31H33ClN4OS/c1-3-35(4-2)29-21-28(32)33-31(34-29)38-23-26-16-11-17-27(20-26)30(37)36(22-25-14-9-6-10-15-25)19-18-24-12-7-5-8-13-24/h5-17,20-21H,3-4,18-19,22-23H2,1-2H3. The molecule has 38 heavy (non-hydrogen) atoms. The van der Waals surface area contributed by atoms with E-state index in [-0.39, 0.29) is 5.91 Å². The van der Waals surface area contributed by atoms with Gasteiger partial charge in [-0.25, -0.2) is 9.97 Å². The summed E-state index contributed by atoms with van der Waals surface area (Å²) in [6.07, 6.45) is 0.802. The van der Waals surface area contributed by atoms with Crippen molar-refractivity contribution in [3.05, 3.63) is 118 Å². The fourth-order valence-electron chi connectivity index (χ4n) is 4.25. The van der Waals surface area contributed by atoms with E-state index in [2.05, 4.69) is 48.0 Å². The molecule has 0 saturated heterocycles. The topological polar surface area (TPSA) is 49.3 Å². The number of nitrogens with zero attached hydrogens (tertiary/aromatic N) is 4. The Morgan fingerprint density at radius 1 is 0.816 bits per heavy atom. The summed E-state index contributed by atoms with van der Waals surface area (Å²) in [6.45, 7) is 7.09. The van der Waals surface area contributed by atoms with Crippen molar-refractivity contribution < 1.29 is 4.79 Å². The predicted octanol–water partition coefficient (Wildman–Crippen LogP) is 7.15. The van der Waals surface area contributed by atoms with Crippen molar-refractivity contribution in [2.45, 2.75) is 37.7 Å². The van der Waals surface area contributed by atoms with Gasteiger partial charge in [0, 0.05) is 43.6 Å². The van der Waals surface area contributed by atoms with Crippen LogP contribution in [0.5, 0.6) is 0 Å². The minimum absolute atomic E-state index is 0.0273. The molecule has 0 fully saturated rings. The molecule has 1 aromatic heterocycles. The quantitative estimate of drug-likeness (QED) is 0.108. The smallest absolute Gasteiger partial charge is 0.254 e. The van der Waals surface area contributed by atoms with Gasteiger partial charge in [-0.15, -0.1) is 0 Å². The van der Waals surface area contributed by atoms with E-state index in [1.54, 1.807) is 6.07 Å². The monoisotopic (exact) mass is 544 g/mol. The summed E-state index contributed by atoms with van der Waals surface area (Å²) in [5.41, 5.74) is 4.05. The van der Waals surface area contributed by atoms with E-state index in [4.69, 9.17) is 16.6 Å². The number of thioether (sulfide) groups is 1. The molecule has 7 heteroatoms. The van der Waals surface area contributed by atoms with Gasteiger partial charge in [0.05, 0.1) is 0 Å². The second kappa shape index (κ2) is 14.0. The SMILES string of the molecule is CCN(CC)c1cc(Cl)nc(SCc2cccc(C(=O)N(CCc3ccccc3)Cc3ccccc3)c2)n1. The van der Waals surface area contributed by atoms with Crippen LogP contribution in [0.1, 0.15) is 40.9 Å². The van der Waals surface area contributed by atoms with Crippen molar-refractivity contribution in [1.82, 2.24) is 14.9 Å². The first-order chi connectivity index (χ1) is 18.6. The van der Waals surface area contributed by atoms with E-state index in [0.29, 0.717) is 34.7 Å². The van der Waals surface area contributed by atoms with Gasteiger partial charge in [0.25, 0.3) is 5.91 Å². The third-order valence-corrected chi connectivity index (χ3v) is 7.42. The molecule has 0 radical (unpaired) electrons. The van der Waals surface area contributed by atoms with E-state index >= 15 is 0 Å². The number of aromatic nitrogens is 2. The molecular weight excluding hydrogens is 512 g/mol. The van der Waals surface area contributed by atoms with Crippen LogP contribution in [0, 0.1) is 0 Å². The van der Waals surface area contributed by atoms with Gasteiger partial charge in [-0.1, -0.05) is 96.2 Å². The molecule has 1 amide bonds. The molecule has 0 aliphatic heterocycles. The van der Waals surface area contributed by atoms with Crippen molar-refractivity contribution >= 4 is 35.1 Å². The van der Waals surface area contributed by atoms with Gasteiger partial charge in [0.2, 0.25) is 0 Å². The molecule has 3 aromatic carbocycles. The second-order valence-corrected chi connectivity index (χ2v) is 10.3. The van der Waals surface area contributed by atoms with E-state index in [0.717, 1.165) is 36.5 Å². The lowest BCUT2D eigenvalue weighted by molar-refractivity contribution is 0.0745. The highest BCUT2D eigenvalue weighted by molar-refractivity contribution is 7.98. The third-order valence-electron chi connectivity index (χ3n) is 6.31. The van der Waals surface area contributed by atoms with Gasteiger partial charge in [0.15, 0.2) is 5.16 Å². The number of benzene rings is 3. The summed E-state index contributed by atoms with van der Waals surface area (Å²) >= 11 is 7.81. The van der Waals surface area contributed by atoms with Gasteiger partial charge < -0.3 is 9.80 Å². The van der Waals surface area contributed by atoms with Gasteiger partial charge >= 0.3 is 0 Å². The number of anilines is 1. The molecule has 4 aromatic rings. The molecule has 0 atom stereocenters. The molecule has 0 bridgehead atoms. The van der Waals surface area contributed by atoms with Crippen molar-refractivity contribution in [2.24, 2.45) is 0 Å². The first-order valence-corrected chi connectivity index (χ1v) is 14.3. The maximum atomic E-state index is 13.7. The highest BCUT2D eigenvalue weighted by atomic mass is 35.5. The van der Waals surface area contributed by atoms with Gasteiger partial charge in [-0.05, 0) is 49.1 Å². The molecular formula is C31H33ClN4OS. The molecule has 4 rings (SSSR count). The van der Waals surface area contributed by atoms with Crippen molar-refractivity contribution in [2.75, 3.05) is 24.5 Å². The largest absolute Gasteiger partial charge is 0.357 e. The highest BCUT2D eigenvalue weighted by Gasteiger charge is 2.17. The average molecular weight is 545 g/mol. The first kappa shape index (κ1) is 27.7. The van der Waals surface area contributed by atoms with Crippen LogP contribution in [0.3, 0.4) is 0 Å². The van der Waals surface area contributed by atoms with E-state index in [9.17, 15) is 4.79 Å². The van der Waals surface area contributed by atoms with E-state index < -0.39 is 0 Å². The van der Waals surface area contributed by atoms with Crippen molar-refractivity contribution in [1.29, 1.82) is 0 Å². The lowest BCUT2D eigenvalue weighted by atomic mass is 10.1. The molecule has 0 saturated carbocycles. The maximum Gasteiger partial charge on any atom is 0.254 e. The summed E-state index contributed by atoms with van der Waals surface area (Å²) < 4.78 is 0. The van der Waals surface area contributed by atoms with Crippen LogP contribution in [0.25, 0.3) is 0 Å². The minimum Gasteiger partial charge on any atom is -0.357 e. The van der Waals surface area contributed by atoms with Crippen LogP contribution < -0.4 is 4.90 Å². The molecule has 0 aliphatic rings. The van der Waals surface area contributed by atoms with Crippen LogP contribution in [0.4, 0.5) is 5.82 Å². The number of amides is 1. The zero-order valence-electron chi connectivity index (χ0n) is 21.9. The van der Waals surface area contributed by atoms with Crippen LogP contribution >= 0.6 is 23.4 Å². The van der Waals surface area contributed by atoms with E-state index in [1.807, 2.05) is 65.6 Å². The number of halogens is 1. The highest BCUT2D eigenvalue weighted by Crippen LogP contribution is 2.25. The molecule has 196 valence electrons. The average Bonchev–Trinajstić information content (AvgIpc) is 2.95. The Morgan fingerprint density at radius 3 is 2.16 bits per heavy atom. The summed E-state index contributed by atoms with van der Waals surface area (Å²) in [6, 6.07) is 30.1. The Morgan fingerprint density at radius 2 is 1.47 bits per heavy atom. The number of rotatable bonds is 12. The molecule has 0 spiro atoms. The Hall–Kier alpha value is -3.35. The maximum absolute atomic E-state index is 13.7. The molecule has 0 unspecified atom stereocenters. The Bertz CT molecular complexity index is 1320. The zero-order chi connectivity index (χ0) is 26.7. The van der Waals surface area contributed by atoms with Crippen LogP contribution in [-0.2, 0) is 18.7 Å². The van der Waals surface area contributed by atoms with Crippen LogP contribution in [0.15, 0.2) is 96.2 Å². The zero-order valence-corrected chi connectivity index (χ0v) is 23.5. The number of carbonyl (C=O) groups excluding carboxylic acids is 1. The Balaban J connectivity index is 1.48. The summed E-state index contributed by atoms with van der Waals surface area (Å²) in [4.78, 5) is 26.9. The normalized spacial score (nSPS) is 10.8. The second-order valence-electron chi connectivity index (χ2n) is 8.94. The Labute approximate surface area is 234 Å².